The van der Waals surface area contributed by atoms with Crippen molar-refractivity contribution in [2.45, 2.75) is 12.3 Å². The topological polar surface area (TPSA) is 55.2 Å². The first kappa shape index (κ1) is 9.78. The maximum atomic E-state index is 10.9. The number of nitrogens with one attached hydrogen (secondary N) is 1. The third kappa shape index (κ3) is 1.33. The number of para-hydroxylation sites is 1. The Labute approximate surface area is 93.8 Å². The zero-order chi connectivity index (χ0) is 11.1. The summed E-state index contributed by atoms with van der Waals surface area (Å²) in [4.78, 5) is 10.7. The van der Waals surface area contributed by atoms with Crippen molar-refractivity contribution in [1.82, 2.24) is 5.32 Å². The van der Waals surface area contributed by atoms with Gasteiger partial charge < -0.3 is 5.32 Å². The number of nitro groups is 1. The summed E-state index contributed by atoms with van der Waals surface area (Å²) in [5.41, 5.74) is 1.22. The Kier molecular flexibility index (Phi) is 2.17. The molecule has 0 aromatic heterocycles. The van der Waals surface area contributed by atoms with Gasteiger partial charge in [-0.15, -0.1) is 0 Å². The van der Waals surface area contributed by atoms with Crippen LogP contribution in [0.4, 0.5) is 5.69 Å². The Balaban J connectivity index is 1.92. The largest absolute Gasteiger partial charge is 0.316 e. The highest BCUT2D eigenvalue weighted by Gasteiger charge is 2.46. The number of fused-ring (bicyclic) bond motifs is 1. The second-order valence-corrected chi connectivity index (χ2v) is 4.74. The second-order valence-electron chi connectivity index (χ2n) is 4.74. The van der Waals surface area contributed by atoms with E-state index in [2.05, 4.69) is 5.32 Å². The minimum Gasteiger partial charge on any atom is -0.316 e. The van der Waals surface area contributed by atoms with Gasteiger partial charge in [0, 0.05) is 11.6 Å². The smallest absolute Gasteiger partial charge is 0.272 e. The highest BCUT2D eigenvalue weighted by Crippen LogP contribution is 2.50. The normalized spacial score (nSPS) is 31.9. The zero-order valence-electron chi connectivity index (χ0n) is 8.93. The minimum absolute atomic E-state index is 0.259. The first-order valence-electron chi connectivity index (χ1n) is 5.71. The van der Waals surface area contributed by atoms with Gasteiger partial charge in [0.1, 0.15) is 0 Å². The molecule has 1 aliphatic carbocycles. The monoisotopic (exact) mass is 218 g/mol. The van der Waals surface area contributed by atoms with Crippen LogP contribution in [0.15, 0.2) is 24.3 Å². The second kappa shape index (κ2) is 3.56. The third-order valence-corrected chi connectivity index (χ3v) is 4.00. The van der Waals surface area contributed by atoms with Crippen molar-refractivity contribution in [3.8, 4) is 0 Å². The summed E-state index contributed by atoms with van der Waals surface area (Å²) in [5, 5.41) is 14.3. The molecule has 0 unspecified atom stereocenters. The molecule has 0 amide bonds. The highest BCUT2D eigenvalue weighted by atomic mass is 16.6. The number of benzene rings is 1. The predicted octanol–water partition coefficient (Wildman–Crippen LogP) is 1.92. The molecule has 1 aromatic carbocycles. The predicted molar refractivity (Wildman–Crippen MR) is 60.3 cm³/mol. The van der Waals surface area contributed by atoms with Crippen molar-refractivity contribution in [2.24, 2.45) is 11.8 Å². The molecule has 1 aliphatic heterocycles. The molecule has 4 heteroatoms. The Morgan fingerprint density at radius 2 is 2.12 bits per heavy atom. The fraction of sp³-hybridized carbons (Fsp3) is 0.500. The van der Waals surface area contributed by atoms with E-state index in [1.165, 1.54) is 0 Å². The lowest BCUT2D eigenvalue weighted by atomic mass is 9.63. The summed E-state index contributed by atoms with van der Waals surface area (Å²) < 4.78 is 0. The van der Waals surface area contributed by atoms with Crippen LogP contribution in [0.2, 0.25) is 0 Å². The number of hydrogen-bond acceptors (Lipinski definition) is 3. The molecule has 1 saturated carbocycles. The molecule has 1 saturated heterocycles. The molecule has 84 valence electrons. The lowest BCUT2D eigenvalue weighted by Crippen LogP contribution is -2.33. The number of nitrogens with zero attached hydrogens (tertiary/aromatic N) is 1. The number of hydrogen-bond donors (Lipinski definition) is 1. The van der Waals surface area contributed by atoms with Crippen LogP contribution in [0.5, 0.6) is 0 Å². The van der Waals surface area contributed by atoms with E-state index < -0.39 is 0 Å². The Hall–Kier alpha value is -1.42. The van der Waals surface area contributed by atoms with Crippen molar-refractivity contribution in [3.63, 3.8) is 0 Å². The maximum absolute atomic E-state index is 10.9. The van der Waals surface area contributed by atoms with Crippen LogP contribution in [-0.4, -0.2) is 18.0 Å². The van der Waals surface area contributed by atoms with E-state index in [0.29, 0.717) is 11.8 Å². The Morgan fingerprint density at radius 1 is 1.31 bits per heavy atom. The fourth-order valence-electron chi connectivity index (χ4n) is 3.11. The van der Waals surface area contributed by atoms with Gasteiger partial charge in [0.2, 0.25) is 0 Å². The Morgan fingerprint density at radius 3 is 2.88 bits per heavy atom. The van der Waals surface area contributed by atoms with E-state index in [4.69, 9.17) is 0 Å². The number of nitro benzene ring substituents is 1. The van der Waals surface area contributed by atoms with Crippen LogP contribution in [-0.2, 0) is 0 Å². The molecule has 2 aliphatic rings. The van der Waals surface area contributed by atoms with Crippen LogP contribution < -0.4 is 5.32 Å². The van der Waals surface area contributed by atoms with Crippen molar-refractivity contribution >= 4 is 5.69 Å². The van der Waals surface area contributed by atoms with Crippen molar-refractivity contribution < 1.29 is 4.92 Å². The van der Waals surface area contributed by atoms with Gasteiger partial charge in [0.05, 0.1) is 4.92 Å². The molecule has 3 rings (SSSR count). The molecular formula is C12H14N2O2. The molecule has 0 spiro atoms. The molecule has 0 bridgehead atoms. The minimum atomic E-state index is -0.259. The third-order valence-electron chi connectivity index (χ3n) is 4.00. The van der Waals surface area contributed by atoms with Crippen LogP contribution >= 0.6 is 0 Å². The van der Waals surface area contributed by atoms with E-state index in [0.717, 1.165) is 31.0 Å². The standard InChI is InChI=1S/C12H14N2O2/c15-14(16)12-4-2-1-3-9(12)10-5-8-6-13-7-11(8)10/h1-4,8,10-11,13H,5-7H2/t8-,10-,11+/m0/s1. The average Bonchev–Trinajstić information content (AvgIpc) is 2.61. The number of rotatable bonds is 2. The van der Waals surface area contributed by atoms with Gasteiger partial charge in [-0.1, -0.05) is 18.2 Å². The van der Waals surface area contributed by atoms with E-state index in [1.807, 2.05) is 12.1 Å². The molecule has 4 nitrogen and oxygen atoms in total. The summed E-state index contributed by atoms with van der Waals surface area (Å²) in [6.07, 6.45) is 1.10. The van der Waals surface area contributed by atoms with Crippen molar-refractivity contribution in [2.75, 3.05) is 13.1 Å². The first-order valence-corrected chi connectivity index (χ1v) is 5.71. The van der Waals surface area contributed by atoms with E-state index in [9.17, 15) is 10.1 Å². The van der Waals surface area contributed by atoms with Gasteiger partial charge in [-0.25, -0.2) is 0 Å². The molecular weight excluding hydrogens is 204 g/mol. The van der Waals surface area contributed by atoms with Gasteiger partial charge in [-0.3, -0.25) is 10.1 Å². The van der Waals surface area contributed by atoms with E-state index >= 15 is 0 Å². The highest BCUT2D eigenvalue weighted by molar-refractivity contribution is 5.44. The van der Waals surface area contributed by atoms with Crippen molar-refractivity contribution in [3.05, 3.63) is 39.9 Å². The molecule has 3 atom stereocenters. The van der Waals surface area contributed by atoms with Crippen LogP contribution in [0, 0.1) is 22.0 Å². The Bertz CT molecular complexity index is 433. The molecule has 0 radical (unpaired) electrons. The molecule has 2 fully saturated rings. The lowest BCUT2D eigenvalue weighted by molar-refractivity contribution is -0.386. The average molecular weight is 218 g/mol. The summed E-state index contributed by atoms with van der Waals surface area (Å²) in [6.45, 7) is 2.10. The molecule has 1 N–H and O–H groups in total. The quantitative estimate of drug-likeness (QED) is 0.609. The van der Waals surface area contributed by atoms with E-state index in [-0.39, 0.29) is 10.6 Å². The molecule has 16 heavy (non-hydrogen) atoms. The fourth-order valence-corrected chi connectivity index (χ4v) is 3.11. The summed E-state index contributed by atoms with van der Waals surface area (Å²) in [5.74, 6) is 1.74. The maximum Gasteiger partial charge on any atom is 0.272 e. The van der Waals surface area contributed by atoms with Gasteiger partial charge in [-0.05, 0) is 37.3 Å². The zero-order valence-corrected chi connectivity index (χ0v) is 8.93. The van der Waals surface area contributed by atoms with Crippen LogP contribution in [0.25, 0.3) is 0 Å². The van der Waals surface area contributed by atoms with Crippen LogP contribution in [0.3, 0.4) is 0 Å². The summed E-state index contributed by atoms with van der Waals surface area (Å²) in [6, 6.07) is 7.17. The SMILES string of the molecule is O=[N+]([O-])c1ccccc1[C@@H]1C[C@H]2CNC[C@H]21. The van der Waals surface area contributed by atoms with Gasteiger partial charge in [0.25, 0.3) is 5.69 Å². The van der Waals surface area contributed by atoms with Gasteiger partial charge >= 0.3 is 0 Å². The lowest BCUT2D eigenvalue weighted by Gasteiger charge is -2.39. The van der Waals surface area contributed by atoms with Crippen LogP contribution in [0.1, 0.15) is 17.9 Å². The summed E-state index contributed by atoms with van der Waals surface area (Å²) >= 11 is 0. The summed E-state index contributed by atoms with van der Waals surface area (Å²) in [7, 11) is 0. The van der Waals surface area contributed by atoms with Gasteiger partial charge in [0.15, 0.2) is 0 Å². The molecule has 1 heterocycles. The van der Waals surface area contributed by atoms with Gasteiger partial charge in [-0.2, -0.15) is 0 Å². The van der Waals surface area contributed by atoms with E-state index in [1.54, 1.807) is 12.1 Å². The first-order chi connectivity index (χ1) is 7.77. The molecule has 1 aromatic rings. The van der Waals surface area contributed by atoms with Crippen molar-refractivity contribution in [1.29, 1.82) is 0 Å².